The summed E-state index contributed by atoms with van der Waals surface area (Å²) in [5.74, 6) is 2.40. The predicted molar refractivity (Wildman–Crippen MR) is 172 cm³/mol. The second-order valence-corrected chi connectivity index (χ2v) is 10.1. The summed E-state index contributed by atoms with van der Waals surface area (Å²) in [5, 5.41) is 0. The summed E-state index contributed by atoms with van der Waals surface area (Å²) in [4.78, 5) is 18.4. The number of carbonyl (C=O) groups is 1. The van der Waals surface area contributed by atoms with Gasteiger partial charge in [-0.15, -0.1) is 0 Å². The Hall–Kier alpha value is -4.91. The Bertz CT molecular complexity index is 1530. The van der Waals surface area contributed by atoms with E-state index in [0.29, 0.717) is 55.6 Å². The highest BCUT2D eigenvalue weighted by Gasteiger charge is 2.26. The molecule has 7 nitrogen and oxygen atoms in total. The molecule has 4 aromatic rings. The van der Waals surface area contributed by atoms with E-state index < -0.39 is 0 Å². The maximum Gasteiger partial charge on any atom is 0.254 e. The smallest absolute Gasteiger partial charge is 0.254 e. The van der Waals surface area contributed by atoms with Crippen molar-refractivity contribution in [1.82, 2.24) is 4.90 Å². The van der Waals surface area contributed by atoms with Crippen molar-refractivity contribution in [2.45, 2.75) is 6.92 Å². The molecule has 1 amide bonds. The Labute approximate surface area is 253 Å². The quantitative estimate of drug-likeness (QED) is 0.155. The normalized spacial score (nSPS) is 13.4. The van der Waals surface area contributed by atoms with E-state index in [1.165, 1.54) is 0 Å². The van der Waals surface area contributed by atoms with Crippen LogP contribution in [0.2, 0.25) is 0 Å². The summed E-state index contributed by atoms with van der Waals surface area (Å²) in [6.45, 7) is 5.19. The minimum atomic E-state index is -0.0287. The molecule has 43 heavy (non-hydrogen) atoms. The maximum absolute atomic E-state index is 14.2. The molecule has 0 bridgehead atoms. The Morgan fingerprint density at radius 2 is 1.33 bits per heavy atom. The summed E-state index contributed by atoms with van der Waals surface area (Å²) >= 11 is 0. The Morgan fingerprint density at radius 3 is 1.93 bits per heavy atom. The average Bonchev–Trinajstić information content (AvgIpc) is 3.07. The fourth-order valence-electron chi connectivity index (χ4n) is 5.41. The molecule has 7 heteroatoms. The molecule has 1 aliphatic rings. The van der Waals surface area contributed by atoms with Crippen LogP contribution in [0.3, 0.4) is 0 Å². The van der Waals surface area contributed by atoms with Crippen molar-refractivity contribution in [2.24, 2.45) is 0 Å². The summed E-state index contributed by atoms with van der Waals surface area (Å²) in [6, 6.07) is 30.1. The lowest BCUT2D eigenvalue weighted by Crippen LogP contribution is -2.49. The molecule has 0 unspecified atom stereocenters. The number of para-hydroxylation sites is 2. The molecule has 0 saturated carbocycles. The Kier molecular flexibility index (Phi) is 9.52. The van der Waals surface area contributed by atoms with Gasteiger partial charge in [-0.2, -0.15) is 0 Å². The van der Waals surface area contributed by atoms with Gasteiger partial charge in [-0.3, -0.25) is 4.79 Å². The number of hydrogen-bond donors (Lipinski definition) is 0. The van der Waals surface area contributed by atoms with Crippen molar-refractivity contribution in [3.05, 3.63) is 102 Å². The van der Waals surface area contributed by atoms with Crippen LogP contribution in [0.15, 0.2) is 91.0 Å². The summed E-state index contributed by atoms with van der Waals surface area (Å²) < 4.78 is 22.5. The molecule has 222 valence electrons. The van der Waals surface area contributed by atoms with E-state index in [-0.39, 0.29) is 5.91 Å². The molecule has 1 fully saturated rings. The number of piperazine rings is 1. The van der Waals surface area contributed by atoms with Gasteiger partial charge in [0, 0.05) is 31.8 Å². The fourth-order valence-corrected chi connectivity index (χ4v) is 5.41. The number of hydrogen-bond acceptors (Lipinski definition) is 6. The molecule has 0 radical (unpaired) electrons. The number of anilines is 1. The van der Waals surface area contributed by atoms with Gasteiger partial charge in [0.25, 0.3) is 5.91 Å². The molecule has 1 aliphatic heterocycles. The van der Waals surface area contributed by atoms with Crippen LogP contribution in [-0.4, -0.2) is 64.9 Å². The number of methoxy groups -OCH3 is 3. The Balaban J connectivity index is 1.47. The lowest BCUT2D eigenvalue weighted by atomic mass is 9.97. The largest absolute Gasteiger partial charge is 0.493 e. The van der Waals surface area contributed by atoms with E-state index in [1.54, 1.807) is 21.3 Å². The van der Waals surface area contributed by atoms with Crippen molar-refractivity contribution in [2.75, 3.05) is 59.0 Å². The molecule has 1 saturated heterocycles. The number of carbonyl (C=O) groups excluding carboxylic acids is 1. The summed E-state index contributed by atoms with van der Waals surface area (Å²) in [7, 11) is 4.75. The van der Waals surface area contributed by atoms with Gasteiger partial charge in [0.1, 0.15) is 5.75 Å². The van der Waals surface area contributed by atoms with Gasteiger partial charge in [-0.1, -0.05) is 66.7 Å². The summed E-state index contributed by atoms with van der Waals surface area (Å²) in [6.07, 6.45) is 1.90. The van der Waals surface area contributed by atoms with E-state index in [9.17, 15) is 4.79 Å². The number of amides is 1. The van der Waals surface area contributed by atoms with E-state index in [4.69, 9.17) is 18.9 Å². The van der Waals surface area contributed by atoms with Crippen LogP contribution in [0.4, 0.5) is 5.69 Å². The van der Waals surface area contributed by atoms with Gasteiger partial charge >= 0.3 is 0 Å². The molecule has 0 aliphatic carbocycles. The van der Waals surface area contributed by atoms with Crippen molar-refractivity contribution in [1.29, 1.82) is 0 Å². The molecule has 5 rings (SSSR count). The van der Waals surface area contributed by atoms with Crippen LogP contribution in [0, 0.1) is 0 Å². The molecule has 0 N–H and O–H groups in total. The van der Waals surface area contributed by atoms with E-state index in [2.05, 4.69) is 35.2 Å². The van der Waals surface area contributed by atoms with Crippen LogP contribution in [0.1, 0.15) is 18.1 Å². The summed E-state index contributed by atoms with van der Waals surface area (Å²) in [5.41, 5.74) is 5.47. The zero-order chi connectivity index (χ0) is 30.2. The standard InChI is InChI=1S/C36H38N2O5/c1-5-43-32-14-10-9-13-31(32)37-19-21-38(22-20-37)36(39)30(23-26-24-33(40-2)35(42-4)34(25-26)41-3)29-17-15-28(16-18-29)27-11-7-6-8-12-27/h6-18,23-25H,5,19-22H2,1-4H3/b30-23-. The predicted octanol–water partition coefficient (Wildman–Crippen LogP) is 6.67. The lowest BCUT2D eigenvalue weighted by molar-refractivity contribution is -0.125. The van der Waals surface area contributed by atoms with Gasteiger partial charge < -0.3 is 28.7 Å². The molecular formula is C36H38N2O5. The van der Waals surface area contributed by atoms with Crippen LogP contribution in [0.25, 0.3) is 22.8 Å². The average molecular weight is 579 g/mol. The third kappa shape index (κ3) is 6.61. The van der Waals surface area contributed by atoms with E-state index in [0.717, 1.165) is 33.7 Å². The first-order valence-electron chi connectivity index (χ1n) is 14.5. The molecule has 0 aromatic heterocycles. The highest BCUT2D eigenvalue weighted by atomic mass is 16.5. The van der Waals surface area contributed by atoms with Crippen LogP contribution in [-0.2, 0) is 4.79 Å². The van der Waals surface area contributed by atoms with Crippen LogP contribution >= 0.6 is 0 Å². The number of nitrogens with zero attached hydrogens (tertiary/aromatic N) is 2. The number of benzene rings is 4. The van der Waals surface area contributed by atoms with Gasteiger partial charge in [0.2, 0.25) is 5.75 Å². The van der Waals surface area contributed by atoms with Gasteiger partial charge in [-0.05, 0) is 59.5 Å². The molecule has 0 spiro atoms. The first-order chi connectivity index (χ1) is 21.1. The third-order valence-electron chi connectivity index (χ3n) is 7.60. The van der Waals surface area contributed by atoms with Crippen LogP contribution < -0.4 is 23.8 Å². The van der Waals surface area contributed by atoms with Crippen molar-refractivity contribution < 1.29 is 23.7 Å². The number of rotatable bonds is 10. The minimum absolute atomic E-state index is 0.0287. The van der Waals surface area contributed by atoms with Crippen molar-refractivity contribution in [3.8, 4) is 34.1 Å². The fraction of sp³-hybridized carbons (Fsp3) is 0.250. The minimum Gasteiger partial charge on any atom is -0.493 e. The second-order valence-electron chi connectivity index (χ2n) is 10.1. The van der Waals surface area contributed by atoms with E-state index in [1.807, 2.05) is 78.6 Å². The van der Waals surface area contributed by atoms with Crippen molar-refractivity contribution in [3.63, 3.8) is 0 Å². The molecule has 1 heterocycles. The van der Waals surface area contributed by atoms with Crippen molar-refractivity contribution >= 4 is 23.2 Å². The Morgan fingerprint density at radius 1 is 0.721 bits per heavy atom. The highest BCUT2D eigenvalue weighted by molar-refractivity contribution is 6.24. The van der Waals surface area contributed by atoms with Crippen LogP contribution in [0.5, 0.6) is 23.0 Å². The molecular weight excluding hydrogens is 540 g/mol. The first-order valence-corrected chi connectivity index (χ1v) is 14.5. The van der Waals surface area contributed by atoms with E-state index >= 15 is 0 Å². The number of ether oxygens (including phenoxy) is 4. The molecule has 4 aromatic carbocycles. The highest BCUT2D eigenvalue weighted by Crippen LogP contribution is 2.39. The van der Waals surface area contributed by atoms with Gasteiger partial charge in [0.15, 0.2) is 11.5 Å². The maximum atomic E-state index is 14.2. The third-order valence-corrected chi connectivity index (χ3v) is 7.60. The van der Waals surface area contributed by atoms with Gasteiger partial charge in [0.05, 0.1) is 33.6 Å². The topological polar surface area (TPSA) is 60.5 Å². The first kappa shape index (κ1) is 29.6. The van der Waals surface area contributed by atoms with Gasteiger partial charge in [-0.25, -0.2) is 0 Å². The monoisotopic (exact) mass is 578 g/mol. The molecule has 0 atom stereocenters. The SMILES string of the molecule is CCOc1ccccc1N1CCN(C(=O)/C(=C\c2cc(OC)c(OC)c(OC)c2)c2ccc(-c3ccccc3)cc2)CC1. The second kappa shape index (κ2) is 13.8. The lowest BCUT2D eigenvalue weighted by Gasteiger charge is -2.37. The zero-order valence-corrected chi connectivity index (χ0v) is 25.2. The zero-order valence-electron chi connectivity index (χ0n) is 25.2.